The minimum atomic E-state index is -3.10. The molecule has 0 radical (unpaired) electrons. The molecule has 22 heavy (non-hydrogen) atoms. The molecule has 1 aliphatic rings. The van der Waals surface area contributed by atoms with Gasteiger partial charge in [-0.2, -0.15) is 14.0 Å². The minimum Gasteiger partial charge on any atom is -0.316 e. The summed E-state index contributed by atoms with van der Waals surface area (Å²) in [7, 11) is 0. The van der Waals surface area contributed by atoms with Crippen molar-refractivity contribution in [3.63, 3.8) is 0 Å². The summed E-state index contributed by atoms with van der Waals surface area (Å²) in [5.74, 6) is 0.497. The zero-order valence-electron chi connectivity index (χ0n) is 12.6. The van der Waals surface area contributed by atoms with Crippen LogP contribution in [0.1, 0.15) is 43.2 Å². The van der Waals surface area contributed by atoms with Gasteiger partial charge in [0.15, 0.2) is 0 Å². The van der Waals surface area contributed by atoms with Crippen molar-refractivity contribution in [3.05, 3.63) is 48.0 Å². The molecule has 1 aliphatic carbocycles. The summed E-state index contributed by atoms with van der Waals surface area (Å²) in [4.78, 5) is 0. The maximum Gasteiger partial charge on any atom is 0.356 e. The smallest absolute Gasteiger partial charge is 0.316 e. The van der Waals surface area contributed by atoms with Crippen molar-refractivity contribution >= 4 is 0 Å². The molecule has 0 aromatic heterocycles. The van der Waals surface area contributed by atoms with Crippen LogP contribution < -0.4 is 0 Å². The van der Waals surface area contributed by atoms with Crippen LogP contribution in [-0.2, 0) is 11.3 Å². The largest absolute Gasteiger partial charge is 0.356 e. The van der Waals surface area contributed by atoms with E-state index in [2.05, 4.69) is 6.58 Å². The van der Waals surface area contributed by atoms with Gasteiger partial charge < -0.3 is 4.74 Å². The van der Waals surface area contributed by atoms with Gasteiger partial charge in [-0.1, -0.05) is 18.2 Å². The molecule has 1 aromatic carbocycles. The third kappa shape index (κ3) is 4.92. The van der Waals surface area contributed by atoms with Crippen LogP contribution in [0.2, 0.25) is 0 Å². The number of ether oxygens (including phenoxy) is 1. The normalized spacial score (nSPS) is 22.0. The fraction of sp³-hybridized carbons (Fsp3) is 0.500. The summed E-state index contributed by atoms with van der Waals surface area (Å²) in [6.07, 6.45) is 2.13. The van der Waals surface area contributed by atoms with Crippen LogP contribution in [0.15, 0.2) is 36.9 Å². The molecule has 1 aromatic rings. The average Bonchev–Trinajstić information content (AvgIpc) is 2.54. The van der Waals surface area contributed by atoms with Crippen LogP contribution in [-0.4, -0.2) is 6.11 Å². The van der Waals surface area contributed by atoms with Crippen molar-refractivity contribution in [2.24, 2.45) is 11.8 Å². The minimum absolute atomic E-state index is 0.0205. The van der Waals surface area contributed by atoms with Crippen molar-refractivity contribution in [1.82, 2.24) is 0 Å². The number of alkyl halides is 2. The summed E-state index contributed by atoms with van der Waals surface area (Å²) < 4.78 is 32.7. The Morgan fingerprint density at radius 2 is 1.86 bits per heavy atom. The maximum atomic E-state index is 13.9. The van der Waals surface area contributed by atoms with E-state index in [-0.39, 0.29) is 18.9 Å². The number of rotatable bonds is 6. The van der Waals surface area contributed by atoms with Crippen LogP contribution in [0, 0.1) is 23.2 Å². The molecular formula is C18H21F2NO. The van der Waals surface area contributed by atoms with Gasteiger partial charge in [-0.15, -0.1) is 6.58 Å². The zero-order valence-corrected chi connectivity index (χ0v) is 12.6. The number of hydrogen-bond acceptors (Lipinski definition) is 2. The quantitative estimate of drug-likeness (QED) is 0.689. The van der Waals surface area contributed by atoms with Crippen molar-refractivity contribution in [2.75, 3.05) is 0 Å². The Morgan fingerprint density at radius 1 is 1.23 bits per heavy atom. The number of halogens is 2. The first kappa shape index (κ1) is 16.6. The zero-order chi connectivity index (χ0) is 16.0. The third-order valence-electron chi connectivity index (χ3n) is 4.28. The summed E-state index contributed by atoms with van der Waals surface area (Å²) in [5.41, 5.74) is 1.16. The molecule has 118 valence electrons. The van der Waals surface area contributed by atoms with Gasteiger partial charge in [0.2, 0.25) is 0 Å². The molecule has 0 N–H and O–H groups in total. The maximum absolute atomic E-state index is 13.9. The van der Waals surface area contributed by atoms with Crippen molar-refractivity contribution < 1.29 is 13.5 Å². The van der Waals surface area contributed by atoms with E-state index < -0.39 is 6.11 Å². The number of benzene rings is 1. The molecule has 0 unspecified atom stereocenters. The molecule has 4 heteroatoms. The highest BCUT2D eigenvalue weighted by Crippen LogP contribution is 2.36. The average molecular weight is 305 g/mol. The van der Waals surface area contributed by atoms with Gasteiger partial charge in [0.25, 0.3) is 0 Å². The third-order valence-corrected chi connectivity index (χ3v) is 4.28. The first-order valence-electron chi connectivity index (χ1n) is 7.66. The van der Waals surface area contributed by atoms with E-state index in [1.54, 1.807) is 24.3 Å². The lowest BCUT2D eigenvalue weighted by atomic mass is 9.80. The molecule has 1 fully saturated rings. The van der Waals surface area contributed by atoms with E-state index >= 15 is 0 Å². The number of nitrogens with zero attached hydrogens (tertiary/aromatic N) is 1. The van der Waals surface area contributed by atoms with Crippen molar-refractivity contribution in [1.29, 1.82) is 5.26 Å². The predicted molar refractivity (Wildman–Crippen MR) is 81.2 cm³/mol. The molecule has 0 atom stereocenters. The SMILES string of the molecule is C=C[C@H]1CC[C@H](CC(F)(F)OCc2ccc(C#N)cc2)CC1. The summed E-state index contributed by atoms with van der Waals surface area (Å²) in [6, 6.07) is 8.49. The van der Waals surface area contributed by atoms with Gasteiger partial charge in [0, 0.05) is 6.42 Å². The van der Waals surface area contributed by atoms with Crippen molar-refractivity contribution in [2.45, 2.75) is 44.8 Å². The highest BCUT2D eigenvalue weighted by Gasteiger charge is 2.35. The molecule has 1 saturated carbocycles. The van der Waals surface area contributed by atoms with Gasteiger partial charge in [0.1, 0.15) is 0 Å². The monoisotopic (exact) mass is 305 g/mol. The Balaban J connectivity index is 1.80. The second-order valence-corrected chi connectivity index (χ2v) is 5.96. The molecule has 0 amide bonds. The van der Waals surface area contributed by atoms with Crippen LogP contribution in [0.4, 0.5) is 8.78 Å². The van der Waals surface area contributed by atoms with E-state index in [1.165, 1.54) is 0 Å². The van der Waals surface area contributed by atoms with E-state index in [4.69, 9.17) is 10.00 Å². The van der Waals surface area contributed by atoms with E-state index in [9.17, 15) is 8.78 Å². The number of hydrogen-bond donors (Lipinski definition) is 0. The fourth-order valence-electron chi connectivity index (χ4n) is 2.89. The second-order valence-electron chi connectivity index (χ2n) is 5.96. The highest BCUT2D eigenvalue weighted by molar-refractivity contribution is 5.31. The Bertz CT molecular complexity index is 525. The fourth-order valence-corrected chi connectivity index (χ4v) is 2.89. The standard InChI is InChI=1S/C18H21F2NO/c1-2-14-3-5-15(6-4-14)11-18(19,20)22-13-17-9-7-16(12-21)8-10-17/h2,7-10,14-15H,1,3-6,11,13H2/t14-,15-. The van der Waals surface area contributed by atoms with Crippen LogP contribution in [0.3, 0.4) is 0 Å². The lowest BCUT2D eigenvalue weighted by Crippen LogP contribution is -2.26. The number of allylic oxidation sites excluding steroid dienone is 1. The Kier molecular flexibility index (Phi) is 5.68. The Labute approximate surface area is 130 Å². The van der Waals surface area contributed by atoms with E-state index in [1.807, 2.05) is 12.1 Å². The van der Waals surface area contributed by atoms with E-state index in [0.717, 1.165) is 25.7 Å². The summed E-state index contributed by atoms with van der Waals surface area (Å²) in [6.45, 7) is 3.63. The summed E-state index contributed by atoms with van der Waals surface area (Å²) >= 11 is 0. The molecule has 0 heterocycles. The molecule has 0 saturated heterocycles. The molecule has 0 bridgehead atoms. The van der Waals surface area contributed by atoms with Crippen LogP contribution in [0.5, 0.6) is 0 Å². The molecule has 2 rings (SSSR count). The summed E-state index contributed by atoms with van der Waals surface area (Å²) in [5, 5.41) is 8.70. The first-order chi connectivity index (χ1) is 10.5. The topological polar surface area (TPSA) is 33.0 Å². The Hall–Kier alpha value is -1.73. The Morgan fingerprint density at radius 3 is 2.41 bits per heavy atom. The predicted octanol–water partition coefficient (Wildman–Crippen LogP) is 5.05. The molecular weight excluding hydrogens is 284 g/mol. The second kappa shape index (κ2) is 7.51. The molecule has 0 spiro atoms. The lowest BCUT2D eigenvalue weighted by Gasteiger charge is -2.29. The molecule has 0 aliphatic heterocycles. The molecule has 2 nitrogen and oxygen atoms in total. The van der Waals surface area contributed by atoms with Gasteiger partial charge in [0.05, 0.1) is 18.2 Å². The van der Waals surface area contributed by atoms with Gasteiger partial charge in [-0.05, 0) is 55.2 Å². The van der Waals surface area contributed by atoms with Crippen LogP contribution >= 0.6 is 0 Å². The van der Waals surface area contributed by atoms with Gasteiger partial charge in [-0.3, -0.25) is 0 Å². The van der Waals surface area contributed by atoms with Crippen molar-refractivity contribution in [3.8, 4) is 6.07 Å². The number of nitriles is 1. The lowest BCUT2D eigenvalue weighted by molar-refractivity contribution is -0.256. The first-order valence-corrected chi connectivity index (χ1v) is 7.66. The van der Waals surface area contributed by atoms with Crippen LogP contribution in [0.25, 0.3) is 0 Å². The van der Waals surface area contributed by atoms with Gasteiger partial charge in [-0.25, -0.2) is 0 Å². The highest BCUT2D eigenvalue weighted by atomic mass is 19.3. The van der Waals surface area contributed by atoms with E-state index in [0.29, 0.717) is 17.0 Å². The van der Waals surface area contributed by atoms with Gasteiger partial charge >= 0.3 is 6.11 Å².